The van der Waals surface area contributed by atoms with Crippen LogP contribution < -0.4 is 0 Å². The molecular weight excluding hydrogens is 483 g/mol. The van der Waals surface area contributed by atoms with Gasteiger partial charge in [0.05, 0.1) is 6.26 Å². The van der Waals surface area contributed by atoms with Crippen molar-refractivity contribution >= 4 is 0 Å². The average molecular weight is 490 g/mol. The Bertz CT molecular complexity index is 617. The van der Waals surface area contributed by atoms with Gasteiger partial charge in [-0.05, 0) is 0 Å². The fourth-order valence-electron chi connectivity index (χ4n) is 1.64. The molecule has 0 radical (unpaired) electrons. The molecule has 0 saturated heterocycles. The third-order valence-corrected chi connectivity index (χ3v) is 3.36. The molecule has 0 aromatic carbocycles. The van der Waals surface area contributed by atoms with E-state index < -0.39 is 66.9 Å². The van der Waals surface area contributed by atoms with Gasteiger partial charge in [0.2, 0.25) is 0 Å². The Morgan fingerprint density at radius 2 is 0.833 bits per heavy atom. The second-order valence-corrected chi connectivity index (χ2v) is 5.49. The van der Waals surface area contributed by atoms with E-state index >= 15 is 0 Å². The molecule has 0 saturated carbocycles. The van der Waals surface area contributed by atoms with Gasteiger partial charge in [-0.3, -0.25) is 0 Å². The third kappa shape index (κ3) is 4.22. The molecule has 0 aromatic heterocycles. The summed E-state index contributed by atoms with van der Waals surface area (Å²) in [5.41, 5.74) is 0. The second kappa shape index (κ2) is 7.49. The van der Waals surface area contributed by atoms with Crippen LogP contribution in [0.25, 0.3) is 0 Å². The first-order chi connectivity index (χ1) is 12.8. The topological polar surface area (TPSA) is 9.23 Å². The van der Waals surface area contributed by atoms with E-state index in [1.807, 2.05) is 0 Å². The minimum Gasteiger partial charge on any atom is -0.436 e. The minimum absolute atomic E-state index is 0.764. The lowest BCUT2D eigenvalue weighted by Crippen LogP contribution is -2.73. The van der Waals surface area contributed by atoms with Crippen molar-refractivity contribution in [3.63, 3.8) is 0 Å². The molecule has 0 unspecified atom stereocenters. The molecule has 0 amide bonds. The molecule has 0 rings (SSSR count). The van der Waals surface area contributed by atoms with Crippen molar-refractivity contribution in [1.82, 2.24) is 0 Å². The van der Waals surface area contributed by atoms with E-state index in [1.54, 1.807) is 0 Å². The molecule has 180 valence electrons. The summed E-state index contributed by atoms with van der Waals surface area (Å²) in [6.07, 6.45) is -19.7. The van der Waals surface area contributed by atoms with E-state index in [9.17, 15) is 74.6 Å². The lowest BCUT2D eigenvalue weighted by Gasteiger charge is -2.42. The van der Waals surface area contributed by atoms with Crippen LogP contribution >= 0.6 is 0 Å². The summed E-state index contributed by atoms with van der Waals surface area (Å²) < 4.78 is 222. The number of ether oxygens (including phenoxy) is 1. The number of alkyl halides is 17. The SMILES string of the molecule is C=COC(F)(F)C(F)(F)C(F)(F)C(F)(F)C(F)(F)C(F)(F)C(F)(F)CCC(F)(F)F. The van der Waals surface area contributed by atoms with Gasteiger partial charge in [-0.2, -0.15) is 74.6 Å². The molecule has 0 fully saturated rings. The van der Waals surface area contributed by atoms with Crippen LogP contribution in [0.5, 0.6) is 0 Å². The normalized spacial score (nSPS) is 15.9. The van der Waals surface area contributed by atoms with Gasteiger partial charge in [0.25, 0.3) is 0 Å². The maximum atomic E-state index is 13.3. The molecule has 0 heterocycles. The number of rotatable bonds is 10. The van der Waals surface area contributed by atoms with Gasteiger partial charge >= 0.3 is 47.8 Å². The molecule has 30 heavy (non-hydrogen) atoms. The van der Waals surface area contributed by atoms with E-state index in [1.165, 1.54) is 0 Å². The third-order valence-electron chi connectivity index (χ3n) is 3.36. The molecule has 0 aliphatic heterocycles. The van der Waals surface area contributed by atoms with Gasteiger partial charge in [0.1, 0.15) is 0 Å². The van der Waals surface area contributed by atoms with Crippen LogP contribution in [0.4, 0.5) is 74.6 Å². The molecule has 0 bridgehead atoms. The van der Waals surface area contributed by atoms with E-state index in [-0.39, 0.29) is 0 Å². The van der Waals surface area contributed by atoms with Crippen molar-refractivity contribution < 1.29 is 79.4 Å². The highest BCUT2D eigenvalue weighted by Crippen LogP contribution is 2.62. The Hall–Kier alpha value is -1.65. The van der Waals surface area contributed by atoms with Crippen LogP contribution in [-0.2, 0) is 4.74 Å². The van der Waals surface area contributed by atoms with Crippen LogP contribution in [0.3, 0.4) is 0 Å². The number of hydrogen-bond acceptors (Lipinski definition) is 1. The summed E-state index contributed by atoms with van der Waals surface area (Å²) in [7, 11) is 0. The number of halogens is 17. The summed E-state index contributed by atoms with van der Waals surface area (Å²) in [5, 5.41) is 0. The molecule has 0 spiro atoms. The highest BCUT2D eigenvalue weighted by atomic mass is 19.4. The maximum absolute atomic E-state index is 13.3. The molecule has 1 nitrogen and oxygen atoms in total. The largest absolute Gasteiger partial charge is 0.470 e. The van der Waals surface area contributed by atoms with Crippen LogP contribution in [0.2, 0.25) is 0 Å². The lowest BCUT2D eigenvalue weighted by molar-refractivity contribution is -0.461. The Morgan fingerprint density at radius 3 is 1.17 bits per heavy atom. The van der Waals surface area contributed by atoms with Crippen molar-refractivity contribution in [3.05, 3.63) is 12.8 Å². The predicted octanol–water partition coefficient (Wildman–Crippen LogP) is 6.89. The Balaban J connectivity index is 6.42. The summed E-state index contributed by atoms with van der Waals surface area (Å²) in [6, 6.07) is 0. The van der Waals surface area contributed by atoms with Crippen LogP contribution in [0, 0.1) is 0 Å². The molecule has 0 aliphatic rings. The van der Waals surface area contributed by atoms with Gasteiger partial charge in [-0.15, -0.1) is 0 Å². The monoisotopic (exact) mass is 490 g/mol. The zero-order chi connectivity index (χ0) is 24.8. The highest BCUT2D eigenvalue weighted by Gasteiger charge is 2.93. The molecule has 0 aromatic rings. The van der Waals surface area contributed by atoms with Gasteiger partial charge < -0.3 is 4.74 Å². The zero-order valence-electron chi connectivity index (χ0n) is 13.5. The quantitative estimate of drug-likeness (QED) is 0.239. The summed E-state index contributed by atoms with van der Waals surface area (Å²) in [4.78, 5) is 0. The summed E-state index contributed by atoms with van der Waals surface area (Å²) in [5.74, 6) is -47.3. The fourth-order valence-corrected chi connectivity index (χ4v) is 1.64. The van der Waals surface area contributed by atoms with Crippen LogP contribution in [-0.4, -0.2) is 47.8 Å². The fraction of sp³-hybridized carbons (Fsp3) is 0.833. The first-order valence-corrected chi connectivity index (χ1v) is 6.77. The second-order valence-electron chi connectivity index (χ2n) is 5.49. The molecular formula is C12H7F17O. The van der Waals surface area contributed by atoms with Gasteiger partial charge in [-0.25, -0.2) is 0 Å². The first kappa shape index (κ1) is 28.3. The van der Waals surface area contributed by atoms with Gasteiger partial charge in [0.15, 0.2) is 0 Å². The Labute approximate surface area is 154 Å². The first-order valence-electron chi connectivity index (χ1n) is 6.77. The van der Waals surface area contributed by atoms with Crippen molar-refractivity contribution in [2.75, 3.05) is 0 Å². The van der Waals surface area contributed by atoms with Gasteiger partial charge in [-0.1, -0.05) is 6.58 Å². The molecule has 0 N–H and O–H groups in total. The number of hydrogen-bond donors (Lipinski definition) is 0. The van der Waals surface area contributed by atoms with Gasteiger partial charge in [0, 0.05) is 12.8 Å². The van der Waals surface area contributed by atoms with E-state index in [0.29, 0.717) is 0 Å². The average Bonchev–Trinajstić information content (AvgIpc) is 2.51. The molecule has 0 aliphatic carbocycles. The standard InChI is InChI=1S/C12H7F17O/c1-2-30-12(28,29)11(26,27)10(24,25)9(22,23)8(20,21)7(18,19)5(13,14)3-4-6(15,16)17/h2H,1,3-4H2. The molecule has 0 atom stereocenters. The maximum Gasteiger partial charge on any atom is 0.470 e. The van der Waals surface area contributed by atoms with E-state index in [0.717, 1.165) is 0 Å². The van der Waals surface area contributed by atoms with E-state index in [4.69, 9.17) is 0 Å². The smallest absolute Gasteiger partial charge is 0.436 e. The van der Waals surface area contributed by atoms with Crippen molar-refractivity contribution in [3.8, 4) is 0 Å². The summed E-state index contributed by atoms with van der Waals surface area (Å²) in [6.45, 7) is 2.14. The Kier molecular flexibility index (Phi) is 7.08. The van der Waals surface area contributed by atoms with Crippen LogP contribution in [0.15, 0.2) is 12.8 Å². The lowest BCUT2D eigenvalue weighted by atomic mass is 9.89. The zero-order valence-corrected chi connectivity index (χ0v) is 13.5. The Morgan fingerprint density at radius 1 is 0.500 bits per heavy atom. The summed E-state index contributed by atoms with van der Waals surface area (Å²) >= 11 is 0. The van der Waals surface area contributed by atoms with Crippen molar-refractivity contribution in [2.24, 2.45) is 0 Å². The highest BCUT2D eigenvalue weighted by molar-refractivity contribution is 5.13. The minimum atomic E-state index is -8.37. The molecule has 18 heteroatoms. The van der Waals surface area contributed by atoms with E-state index in [2.05, 4.69) is 11.3 Å². The predicted molar refractivity (Wildman–Crippen MR) is 61.2 cm³/mol. The van der Waals surface area contributed by atoms with Crippen molar-refractivity contribution in [2.45, 2.75) is 60.7 Å². The van der Waals surface area contributed by atoms with Crippen LogP contribution in [0.1, 0.15) is 12.8 Å². The van der Waals surface area contributed by atoms with Crippen molar-refractivity contribution in [1.29, 1.82) is 0 Å².